The van der Waals surface area contributed by atoms with Crippen molar-refractivity contribution in [1.82, 2.24) is 4.57 Å². The van der Waals surface area contributed by atoms with Crippen LogP contribution in [0.2, 0.25) is 0 Å². The van der Waals surface area contributed by atoms with Crippen LogP contribution in [-0.4, -0.2) is 37.4 Å². The zero-order chi connectivity index (χ0) is 21.7. The van der Waals surface area contributed by atoms with Gasteiger partial charge in [-0.15, -0.1) is 0 Å². The van der Waals surface area contributed by atoms with E-state index in [0.29, 0.717) is 17.2 Å². The zero-order valence-corrected chi connectivity index (χ0v) is 18.6. The molecule has 2 aliphatic heterocycles. The van der Waals surface area contributed by atoms with Gasteiger partial charge < -0.3 is 23.5 Å². The van der Waals surface area contributed by atoms with Crippen LogP contribution in [0.25, 0.3) is 10.9 Å². The van der Waals surface area contributed by atoms with E-state index in [1.807, 2.05) is 36.5 Å². The monoisotopic (exact) mass is 481 g/mol. The molecular formula is C23H20BrN3O4. The molecule has 3 atom stereocenters. The van der Waals surface area contributed by atoms with Crippen molar-refractivity contribution >= 4 is 32.7 Å². The molecule has 7 nitrogen and oxygen atoms in total. The van der Waals surface area contributed by atoms with Crippen LogP contribution in [0.5, 0.6) is 17.2 Å². The fourth-order valence-corrected chi connectivity index (χ4v) is 4.92. The van der Waals surface area contributed by atoms with E-state index in [9.17, 15) is 5.26 Å². The van der Waals surface area contributed by atoms with Gasteiger partial charge in [-0.25, -0.2) is 0 Å². The maximum Gasteiger partial charge on any atom is 0.205 e. The van der Waals surface area contributed by atoms with Crippen LogP contribution in [0.4, 0.5) is 0 Å². The molecule has 3 aromatic rings. The molecule has 2 aliphatic rings. The summed E-state index contributed by atoms with van der Waals surface area (Å²) >= 11 is 3.55. The molecule has 3 unspecified atom stereocenters. The lowest BCUT2D eigenvalue weighted by molar-refractivity contribution is 0.352. The summed E-state index contributed by atoms with van der Waals surface area (Å²) in [6, 6.07) is 12.1. The molecule has 0 spiro atoms. The molecule has 0 bridgehead atoms. The molecule has 0 saturated carbocycles. The average molecular weight is 482 g/mol. The fourth-order valence-electron chi connectivity index (χ4n) is 4.30. The molecule has 1 N–H and O–H groups in total. The quantitative estimate of drug-likeness (QED) is 0.542. The Balaban J connectivity index is 1.68. The first-order valence-corrected chi connectivity index (χ1v) is 10.7. The highest BCUT2D eigenvalue weighted by atomic mass is 79.9. The van der Waals surface area contributed by atoms with Crippen LogP contribution in [0.3, 0.4) is 0 Å². The predicted octanol–water partition coefficient (Wildman–Crippen LogP) is 4.46. The lowest BCUT2D eigenvalue weighted by Crippen LogP contribution is -2.31. The van der Waals surface area contributed by atoms with Gasteiger partial charge in [0.2, 0.25) is 5.90 Å². The van der Waals surface area contributed by atoms with Crippen molar-refractivity contribution in [2.45, 2.75) is 18.6 Å². The van der Waals surface area contributed by atoms with Gasteiger partial charge in [-0.1, -0.05) is 6.07 Å². The van der Waals surface area contributed by atoms with Crippen molar-refractivity contribution in [2.24, 2.45) is 5.92 Å². The van der Waals surface area contributed by atoms with Crippen molar-refractivity contribution < 1.29 is 18.9 Å². The Morgan fingerprint density at radius 3 is 2.74 bits per heavy atom. The highest BCUT2D eigenvalue weighted by Crippen LogP contribution is 2.48. The topological polar surface area (TPSA) is 92.8 Å². The number of nitrogens with zero attached hydrogens (tertiary/aromatic N) is 2. The summed E-state index contributed by atoms with van der Waals surface area (Å²) in [5, 5.41) is 19.3. The Labute approximate surface area is 187 Å². The number of nitriles is 1. The van der Waals surface area contributed by atoms with Crippen LogP contribution >= 0.6 is 15.9 Å². The largest absolute Gasteiger partial charge is 0.493 e. The van der Waals surface area contributed by atoms with Crippen LogP contribution < -0.4 is 14.2 Å². The normalized spacial score (nSPS) is 21.9. The second kappa shape index (κ2) is 7.59. The molecule has 0 aliphatic carbocycles. The molecular weight excluding hydrogens is 462 g/mol. The third kappa shape index (κ3) is 3.25. The van der Waals surface area contributed by atoms with Gasteiger partial charge >= 0.3 is 0 Å². The third-order valence-electron chi connectivity index (χ3n) is 5.85. The summed E-state index contributed by atoms with van der Waals surface area (Å²) in [5.74, 6) is 0.572. The van der Waals surface area contributed by atoms with Gasteiger partial charge in [-0.3, -0.25) is 5.41 Å². The molecule has 5 rings (SSSR count). The van der Waals surface area contributed by atoms with Crippen molar-refractivity contribution in [3.63, 3.8) is 0 Å². The average Bonchev–Trinajstić information content (AvgIpc) is 3.49. The van der Waals surface area contributed by atoms with E-state index in [-0.39, 0.29) is 17.9 Å². The number of hydrogen-bond donors (Lipinski definition) is 1. The van der Waals surface area contributed by atoms with Crippen molar-refractivity contribution in [3.05, 3.63) is 52.1 Å². The molecule has 8 heteroatoms. The number of hydrogen-bond acceptors (Lipinski definition) is 6. The van der Waals surface area contributed by atoms with Crippen LogP contribution in [0, 0.1) is 22.7 Å². The number of ether oxygens (including phenoxy) is 4. The van der Waals surface area contributed by atoms with Gasteiger partial charge in [0.1, 0.15) is 11.7 Å². The Hall–Kier alpha value is -3.02. The molecule has 158 valence electrons. The van der Waals surface area contributed by atoms with E-state index in [1.54, 1.807) is 14.2 Å². The summed E-state index contributed by atoms with van der Waals surface area (Å²) in [5.41, 5.74) is 2.73. The van der Waals surface area contributed by atoms with E-state index in [2.05, 4.69) is 26.6 Å². The van der Waals surface area contributed by atoms with E-state index in [4.69, 9.17) is 24.4 Å². The fraction of sp³-hybridized carbons (Fsp3) is 0.304. The number of benzene rings is 2. The Morgan fingerprint density at radius 2 is 2.06 bits per heavy atom. The number of nitrogens with one attached hydrogen (secondary N) is 1. The second-order valence-electron chi connectivity index (χ2n) is 7.63. The highest BCUT2D eigenvalue weighted by molar-refractivity contribution is 9.10. The van der Waals surface area contributed by atoms with Gasteiger partial charge in [-0.2, -0.15) is 5.26 Å². The highest BCUT2D eigenvalue weighted by Gasteiger charge is 2.38. The summed E-state index contributed by atoms with van der Waals surface area (Å²) in [4.78, 5) is 0. The van der Waals surface area contributed by atoms with Crippen molar-refractivity contribution in [1.29, 1.82) is 10.7 Å². The van der Waals surface area contributed by atoms with Gasteiger partial charge in [-0.05, 0) is 45.8 Å². The summed E-state index contributed by atoms with van der Waals surface area (Å²) < 4.78 is 25.1. The first-order valence-electron chi connectivity index (χ1n) is 9.86. The maximum absolute atomic E-state index is 9.88. The van der Waals surface area contributed by atoms with E-state index in [1.165, 1.54) is 0 Å². The summed E-state index contributed by atoms with van der Waals surface area (Å²) in [7, 11) is 3.15. The summed E-state index contributed by atoms with van der Waals surface area (Å²) in [6.45, 7) is 1.57. The van der Waals surface area contributed by atoms with Gasteiger partial charge in [0.15, 0.2) is 11.5 Å². The van der Waals surface area contributed by atoms with Crippen LogP contribution in [0.1, 0.15) is 17.0 Å². The number of halogens is 1. The third-order valence-corrected chi connectivity index (χ3v) is 6.44. The number of fused-ring (bicyclic) bond motifs is 3. The molecule has 2 aromatic carbocycles. The van der Waals surface area contributed by atoms with Gasteiger partial charge in [0.05, 0.1) is 49.5 Å². The van der Waals surface area contributed by atoms with Crippen LogP contribution in [0.15, 0.2) is 41.0 Å². The first kappa shape index (κ1) is 19.9. The molecule has 0 radical (unpaired) electrons. The molecule has 1 saturated heterocycles. The first-order chi connectivity index (χ1) is 15.0. The second-order valence-corrected chi connectivity index (χ2v) is 8.48. The molecule has 31 heavy (non-hydrogen) atoms. The number of aromatic nitrogens is 1. The molecule has 3 heterocycles. The number of methoxy groups -OCH3 is 2. The van der Waals surface area contributed by atoms with E-state index >= 15 is 0 Å². The van der Waals surface area contributed by atoms with Crippen LogP contribution in [-0.2, 0) is 11.3 Å². The number of rotatable bonds is 5. The molecule has 1 fully saturated rings. The predicted molar refractivity (Wildman–Crippen MR) is 118 cm³/mol. The number of epoxide rings is 1. The standard InChI is InChI=1S/C23H20BrN3O4/c1-28-19-8-12(7-17(24)22(19)29-2)20-15-3-4-18-14(5-6-27(18)10-13-11-30-13)21(15)31-23(26)16(20)9-25/h3-8,13,16,20,26H,10-11H2,1-2H3. The van der Waals surface area contributed by atoms with E-state index in [0.717, 1.165) is 39.7 Å². The molecule has 1 aromatic heterocycles. The Bertz CT molecular complexity index is 1240. The lowest BCUT2D eigenvalue weighted by Gasteiger charge is -2.31. The Kier molecular flexibility index (Phi) is 4.88. The van der Waals surface area contributed by atoms with E-state index < -0.39 is 5.92 Å². The maximum atomic E-state index is 9.88. The SMILES string of the molecule is COc1cc(C2c3ccc4c(ccn4CC4CO4)c3OC(=N)C2C#N)cc(Br)c1OC. The van der Waals surface area contributed by atoms with Gasteiger partial charge in [0.25, 0.3) is 0 Å². The minimum absolute atomic E-state index is 0.0586. The minimum Gasteiger partial charge on any atom is -0.493 e. The van der Waals surface area contributed by atoms with Gasteiger partial charge in [0, 0.05) is 23.1 Å². The molecule has 0 amide bonds. The summed E-state index contributed by atoms with van der Waals surface area (Å²) in [6.07, 6.45) is 2.27. The van der Waals surface area contributed by atoms with Crippen molar-refractivity contribution in [3.8, 4) is 23.3 Å². The smallest absolute Gasteiger partial charge is 0.205 e. The lowest BCUT2D eigenvalue weighted by atomic mass is 9.78. The Morgan fingerprint density at radius 1 is 1.26 bits per heavy atom. The van der Waals surface area contributed by atoms with Crippen molar-refractivity contribution in [2.75, 3.05) is 20.8 Å². The minimum atomic E-state index is -0.753. The zero-order valence-electron chi connectivity index (χ0n) is 17.0.